The van der Waals surface area contributed by atoms with Crippen LogP contribution in [0.25, 0.3) is 62.7 Å². The lowest BCUT2D eigenvalue weighted by molar-refractivity contribution is -0.316. The fourth-order valence-corrected chi connectivity index (χ4v) is 10.8. The maximum Gasteiger partial charge on any atom is 0.303 e. The predicted octanol–water partition coefficient (Wildman–Crippen LogP) is 3.59. The van der Waals surface area contributed by atoms with Crippen molar-refractivity contribution < 1.29 is 124 Å². The average molecular weight is 1310 g/mol. The molecule has 4 aliphatic heterocycles. The SMILES string of the molecule is CCC1O[C@@H](OC[C@H]2O[C@@H](O[C@@H]3C(OC(C)=O)[C@H](N=[N+]=[N-])CC(N=[N+]=[N-])[C@@H]3O[C@@H]3OC(CN=[N+]=[N-])[C@H](OC(C)=O)[C@H](OC(C)=O)C3N=[N+]=[N-])C(OC(C)=O)[C@H]2O[C@H]2O[C@@H](CN=[N+]=[N-])[C@@H](OC(C)=O)C(OC(C)=O)C2N=[N+]=[N-])C(OC(C)=O)[C@@H](OC(C)=O)[C@H]1OC(C)=O. The van der Waals surface area contributed by atoms with Gasteiger partial charge in [0.05, 0.1) is 37.9 Å². The predicted molar refractivity (Wildman–Crippen MR) is 290 cm³/mol. The maximum absolute atomic E-state index is 13.5. The summed E-state index contributed by atoms with van der Waals surface area (Å²) in [6, 6.07) is -7.11. The molecule has 44 heteroatoms. The van der Waals surface area contributed by atoms with Gasteiger partial charge in [0.1, 0.15) is 54.8 Å². The summed E-state index contributed by atoms with van der Waals surface area (Å²) in [6.45, 7) is 7.86. The monoisotopic (exact) mass is 1310 g/mol. The summed E-state index contributed by atoms with van der Waals surface area (Å²) in [5.41, 5.74) is 58.7. The van der Waals surface area contributed by atoms with Crippen molar-refractivity contribution in [3.8, 4) is 0 Å². The number of hydrogen-bond donors (Lipinski definition) is 0. The minimum Gasteiger partial charge on any atom is -0.459 e. The van der Waals surface area contributed by atoms with E-state index in [4.69, 9.17) is 80.5 Å². The van der Waals surface area contributed by atoms with Gasteiger partial charge in [-0.3, -0.25) is 43.2 Å². The first-order chi connectivity index (χ1) is 43.7. The van der Waals surface area contributed by atoms with Crippen molar-refractivity contribution in [2.45, 2.75) is 229 Å². The molecule has 0 aromatic heterocycles. The highest BCUT2D eigenvalue weighted by atomic mass is 16.8. The molecule has 1 saturated carbocycles. The minimum absolute atomic E-state index is 0.0100. The molecular formula is C48H64N18O26. The van der Waals surface area contributed by atoms with Crippen molar-refractivity contribution in [1.82, 2.24) is 0 Å². The number of carbonyl (C=O) groups is 9. The molecule has 5 aliphatic rings. The van der Waals surface area contributed by atoms with Crippen LogP contribution in [0.2, 0.25) is 0 Å². The highest BCUT2D eigenvalue weighted by molar-refractivity contribution is 5.70. The normalized spacial score (nSPS) is 34.5. The van der Waals surface area contributed by atoms with Gasteiger partial charge in [-0.2, -0.15) is 0 Å². The molecule has 0 aromatic rings. The summed E-state index contributed by atoms with van der Waals surface area (Å²) < 4.78 is 102. The number of nitrogens with zero attached hydrogens (tertiary/aromatic N) is 18. The van der Waals surface area contributed by atoms with E-state index < -0.39 is 227 Å². The average Bonchev–Trinajstić information content (AvgIpc) is 1.74. The molecule has 24 atom stereocenters. The Bertz CT molecular complexity index is 3020. The molecule has 0 bridgehead atoms. The molecular weight excluding hydrogens is 1240 g/mol. The number of azide groups is 6. The van der Waals surface area contributed by atoms with Crippen LogP contribution in [0.15, 0.2) is 30.7 Å². The molecule has 5 fully saturated rings. The lowest BCUT2D eigenvalue weighted by atomic mass is 9.83. The molecule has 9 unspecified atom stereocenters. The van der Waals surface area contributed by atoms with Crippen molar-refractivity contribution in [1.29, 1.82) is 0 Å². The summed E-state index contributed by atoms with van der Waals surface area (Å²) in [5, 5.41) is 22.1. The zero-order valence-electron chi connectivity index (χ0n) is 50.6. The molecule has 5 rings (SSSR count). The molecule has 1 aliphatic carbocycles. The van der Waals surface area contributed by atoms with Gasteiger partial charge in [-0.05, 0) is 46.0 Å². The quantitative estimate of drug-likeness (QED) is 0.0373. The fraction of sp³-hybridized carbons (Fsp3) is 0.812. The summed E-state index contributed by atoms with van der Waals surface area (Å²) in [6.07, 6.45) is -37.1. The van der Waals surface area contributed by atoms with Gasteiger partial charge in [0.2, 0.25) is 0 Å². The van der Waals surface area contributed by atoms with E-state index in [9.17, 15) is 76.3 Å². The van der Waals surface area contributed by atoms with Crippen LogP contribution < -0.4 is 0 Å². The summed E-state index contributed by atoms with van der Waals surface area (Å²) in [7, 11) is 0. The van der Waals surface area contributed by atoms with Crippen LogP contribution in [-0.4, -0.2) is 220 Å². The van der Waals surface area contributed by atoms with Crippen molar-refractivity contribution in [3.05, 3.63) is 62.7 Å². The topological polar surface area (TPSA) is 603 Å². The minimum atomic E-state index is -2.22. The first-order valence-electron chi connectivity index (χ1n) is 27.7. The highest BCUT2D eigenvalue weighted by Gasteiger charge is 2.60. The van der Waals surface area contributed by atoms with E-state index >= 15 is 0 Å². The molecule has 4 heterocycles. The Kier molecular flexibility index (Phi) is 27.8. The Morgan fingerprint density at radius 3 is 1.08 bits per heavy atom. The van der Waals surface area contributed by atoms with E-state index in [1.165, 1.54) is 0 Å². The van der Waals surface area contributed by atoms with Gasteiger partial charge >= 0.3 is 53.7 Å². The second kappa shape index (κ2) is 34.8. The third kappa shape index (κ3) is 19.6. The maximum atomic E-state index is 13.5. The standard InChI is InChI=1S/C48H64N18O26/c1-11-27-35(78-17(3)68)42(83-22(8)73)44(85-24(10)75)47(86-27)76-15-30-38(91-46-32(60-66-54)40(82-21(7)72)37(80-19(5)70)29(88-46)14-56-62-50)43(84-23(9)74)48(89-30)92-41-33(77-16(2)67)25(57-63-51)12-26(58-64-52)34(41)90-45-31(59-65-53)39(81-20(6)71)36(79-18(4)69)28(87-45)13-55-61-49/h25-48H,11-15H2,1-10H3/t25-,26?,27?,28?,29+,30-,31?,32?,33?,34+,35+,36+,37-,38+,39-,40?,41-,42+,43?,44?,45+,46-,47-,48+/m1/s1. The Hall–Kier alpha value is -9.23. The second-order valence-corrected chi connectivity index (χ2v) is 20.4. The zero-order valence-corrected chi connectivity index (χ0v) is 50.6. The van der Waals surface area contributed by atoms with Gasteiger partial charge in [0.25, 0.3) is 0 Å². The smallest absolute Gasteiger partial charge is 0.303 e. The Labute approximate surface area is 518 Å². The van der Waals surface area contributed by atoms with Crippen LogP contribution in [-0.2, 0) is 124 Å². The molecule has 0 amide bonds. The van der Waals surface area contributed by atoms with E-state index in [-0.39, 0.29) is 6.42 Å². The van der Waals surface area contributed by atoms with Crippen molar-refractivity contribution in [2.24, 2.45) is 30.7 Å². The molecule has 0 aromatic carbocycles. The molecule has 44 nitrogen and oxygen atoms in total. The third-order valence-corrected chi connectivity index (χ3v) is 13.8. The van der Waals surface area contributed by atoms with Gasteiger partial charge in [0.15, 0.2) is 74.0 Å². The van der Waals surface area contributed by atoms with Gasteiger partial charge in [-0.25, -0.2) is 0 Å². The van der Waals surface area contributed by atoms with Crippen LogP contribution in [0.1, 0.15) is 82.1 Å². The molecule has 502 valence electrons. The van der Waals surface area contributed by atoms with Crippen molar-refractivity contribution in [2.75, 3.05) is 19.7 Å². The number of rotatable bonds is 27. The number of ether oxygens (including phenoxy) is 17. The first-order valence-corrected chi connectivity index (χ1v) is 27.7. The number of hydrogen-bond acceptors (Lipinski definition) is 32. The zero-order chi connectivity index (χ0) is 68.1. The molecule has 0 radical (unpaired) electrons. The third-order valence-electron chi connectivity index (χ3n) is 13.8. The van der Waals surface area contributed by atoms with E-state index in [0.29, 0.717) is 0 Å². The van der Waals surface area contributed by atoms with E-state index in [0.717, 1.165) is 62.3 Å². The fourth-order valence-electron chi connectivity index (χ4n) is 10.8. The van der Waals surface area contributed by atoms with Crippen LogP contribution in [0.3, 0.4) is 0 Å². The van der Waals surface area contributed by atoms with Gasteiger partial charge in [0, 0.05) is 91.8 Å². The Morgan fingerprint density at radius 2 is 0.674 bits per heavy atom. The number of esters is 9. The van der Waals surface area contributed by atoms with Gasteiger partial charge in [-0.15, -0.1) is 0 Å². The molecule has 0 N–H and O–H groups in total. The van der Waals surface area contributed by atoms with Crippen LogP contribution in [0.4, 0.5) is 0 Å². The summed E-state index contributed by atoms with van der Waals surface area (Å²) >= 11 is 0. The van der Waals surface area contributed by atoms with Crippen molar-refractivity contribution >= 4 is 53.7 Å². The van der Waals surface area contributed by atoms with Crippen LogP contribution in [0.5, 0.6) is 0 Å². The van der Waals surface area contributed by atoms with Crippen molar-refractivity contribution in [3.63, 3.8) is 0 Å². The van der Waals surface area contributed by atoms with Crippen LogP contribution >= 0.6 is 0 Å². The molecule has 4 saturated heterocycles. The molecule has 0 spiro atoms. The first kappa shape index (κ1) is 73.5. The second-order valence-electron chi connectivity index (χ2n) is 20.4. The lowest BCUT2D eigenvalue weighted by Crippen LogP contribution is -2.65. The Balaban J connectivity index is 1.79. The lowest BCUT2D eigenvalue weighted by Gasteiger charge is -2.48. The highest BCUT2D eigenvalue weighted by Crippen LogP contribution is 2.42. The number of carbonyl (C=O) groups excluding carboxylic acids is 9. The summed E-state index contributed by atoms with van der Waals surface area (Å²) in [4.78, 5) is 132. The molecule has 92 heavy (non-hydrogen) atoms. The summed E-state index contributed by atoms with van der Waals surface area (Å²) in [5.74, 6) is -9.16. The Morgan fingerprint density at radius 1 is 0.348 bits per heavy atom. The van der Waals surface area contributed by atoms with E-state index in [1.807, 2.05) is 0 Å². The van der Waals surface area contributed by atoms with Crippen LogP contribution in [0, 0.1) is 0 Å². The van der Waals surface area contributed by atoms with Gasteiger partial charge < -0.3 is 80.5 Å². The van der Waals surface area contributed by atoms with E-state index in [1.54, 1.807) is 6.92 Å². The van der Waals surface area contributed by atoms with E-state index in [2.05, 4.69) is 60.2 Å². The largest absolute Gasteiger partial charge is 0.459 e. The van der Waals surface area contributed by atoms with Gasteiger partial charge in [-0.1, -0.05) is 37.6 Å².